The molecule has 2 aromatic carbocycles. The SMILES string of the molecule is Cc1cccc(NC(=O)/C(C#N)=C/c2ccc3c(c2)OCCO3)c1. The van der Waals surface area contributed by atoms with Crippen molar-refractivity contribution in [1.82, 2.24) is 0 Å². The Morgan fingerprint density at radius 1 is 1.17 bits per heavy atom. The molecule has 0 saturated carbocycles. The van der Waals surface area contributed by atoms with Crippen LogP contribution in [0.1, 0.15) is 11.1 Å². The molecule has 0 saturated heterocycles. The van der Waals surface area contributed by atoms with Gasteiger partial charge in [-0.1, -0.05) is 18.2 Å². The lowest BCUT2D eigenvalue weighted by molar-refractivity contribution is -0.112. The van der Waals surface area contributed by atoms with E-state index in [1.807, 2.05) is 31.2 Å². The van der Waals surface area contributed by atoms with Crippen LogP contribution in [0.2, 0.25) is 0 Å². The van der Waals surface area contributed by atoms with E-state index in [2.05, 4.69) is 5.32 Å². The van der Waals surface area contributed by atoms with E-state index in [4.69, 9.17) is 9.47 Å². The summed E-state index contributed by atoms with van der Waals surface area (Å²) in [7, 11) is 0. The molecule has 1 heterocycles. The zero-order valence-electron chi connectivity index (χ0n) is 13.2. The van der Waals surface area contributed by atoms with Gasteiger partial charge in [0.1, 0.15) is 24.9 Å². The highest BCUT2D eigenvalue weighted by molar-refractivity contribution is 6.09. The number of carbonyl (C=O) groups is 1. The van der Waals surface area contributed by atoms with E-state index in [1.165, 1.54) is 6.08 Å². The molecule has 1 amide bonds. The largest absolute Gasteiger partial charge is 0.486 e. The topological polar surface area (TPSA) is 71.4 Å². The number of amides is 1. The summed E-state index contributed by atoms with van der Waals surface area (Å²) in [6.07, 6.45) is 1.53. The van der Waals surface area contributed by atoms with E-state index in [9.17, 15) is 10.1 Å². The second-order valence-corrected chi connectivity index (χ2v) is 5.40. The lowest BCUT2D eigenvalue weighted by Gasteiger charge is -2.18. The first-order valence-electron chi connectivity index (χ1n) is 7.55. The maximum Gasteiger partial charge on any atom is 0.266 e. The van der Waals surface area contributed by atoms with Crippen molar-refractivity contribution < 1.29 is 14.3 Å². The zero-order chi connectivity index (χ0) is 16.9. The smallest absolute Gasteiger partial charge is 0.266 e. The summed E-state index contributed by atoms with van der Waals surface area (Å²) in [6.45, 7) is 2.94. The highest BCUT2D eigenvalue weighted by Crippen LogP contribution is 2.31. The molecule has 2 aromatic rings. The molecule has 1 aliphatic rings. The first-order valence-corrected chi connectivity index (χ1v) is 7.55. The first-order chi connectivity index (χ1) is 11.7. The lowest BCUT2D eigenvalue weighted by Crippen LogP contribution is -2.15. The van der Waals surface area contributed by atoms with E-state index in [0.717, 1.165) is 5.56 Å². The Bertz CT molecular complexity index is 850. The Morgan fingerprint density at radius 3 is 2.71 bits per heavy atom. The molecule has 0 atom stereocenters. The van der Waals surface area contributed by atoms with Crippen molar-refractivity contribution in [2.24, 2.45) is 0 Å². The number of hydrogen-bond donors (Lipinski definition) is 1. The van der Waals surface area contributed by atoms with Gasteiger partial charge < -0.3 is 14.8 Å². The lowest BCUT2D eigenvalue weighted by atomic mass is 10.1. The number of nitrogens with zero attached hydrogens (tertiary/aromatic N) is 1. The van der Waals surface area contributed by atoms with Crippen LogP contribution in [-0.2, 0) is 4.79 Å². The quantitative estimate of drug-likeness (QED) is 0.695. The Labute approximate surface area is 140 Å². The van der Waals surface area contributed by atoms with Crippen LogP contribution >= 0.6 is 0 Å². The molecule has 120 valence electrons. The number of nitrogens with one attached hydrogen (secondary N) is 1. The van der Waals surface area contributed by atoms with Gasteiger partial charge >= 0.3 is 0 Å². The van der Waals surface area contributed by atoms with E-state index in [-0.39, 0.29) is 5.57 Å². The van der Waals surface area contributed by atoms with Crippen LogP contribution in [0.25, 0.3) is 6.08 Å². The fourth-order valence-electron chi connectivity index (χ4n) is 2.39. The number of ether oxygens (including phenoxy) is 2. The summed E-state index contributed by atoms with van der Waals surface area (Å²) in [6, 6.07) is 14.7. The molecule has 1 N–H and O–H groups in total. The molecule has 0 fully saturated rings. The van der Waals surface area contributed by atoms with E-state index in [0.29, 0.717) is 36.0 Å². The van der Waals surface area contributed by atoms with Crippen LogP contribution in [0.3, 0.4) is 0 Å². The average molecular weight is 320 g/mol. The van der Waals surface area contributed by atoms with Gasteiger partial charge in [-0.15, -0.1) is 0 Å². The third kappa shape index (κ3) is 3.55. The van der Waals surface area contributed by atoms with Gasteiger partial charge in [0.05, 0.1) is 0 Å². The molecular weight excluding hydrogens is 304 g/mol. The van der Waals surface area contributed by atoms with Crippen molar-refractivity contribution in [3.8, 4) is 17.6 Å². The van der Waals surface area contributed by atoms with Crippen LogP contribution in [0.4, 0.5) is 5.69 Å². The summed E-state index contributed by atoms with van der Waals surface area (Å²) in [4.78, 5) is 12.3. The Hall–Kier alpha value is -3.26. The second kappa shape index (κ2) is 6.88. The molecule has 0 aromatic heterocycles. The van der Waals surface area contributed by atoms with Crippen molar-refractivity contribution in [2.45, 2.75) is 6.92 Å². The van der Waals surface area contributed by atoms with Crippen molar-refractivity contribution in [2.75, 3.05) is 18.5 Å². The van der Waals surface area contributed by atoms with Gasteiger partial charge in [-0.3, -0.25) is 4.79 Å². The van der Waals surface area contributed by atoms with Gasteiger partial charge in [0.25, 0.3) is 5.91 Å². The Morgan fingerprint density at radius 2 is 1.96 bits per heavy atom. The van der Waals surface area contributed by atoms with Crippen molar-refractivity contribution in [3.05, 3.63) is 59.2 Å². The van der Waals surface area contributed by atoms with Gasteiger partial charge in [-0.2, -0.15) is 5.26 Å². The predicted octanol–water partition coefficient (Wildman–Crippen LogP) is 3.31. The Balaban J connectivity index is 1.81. The summed E-state index contributed by atoms with van der Waals surface area (Å²) in [5, 5.41) is 12.0. The van der Waals surface area contributed by atoms with Crippen LogP contribution in [0, 0.1) is 18.3 Å². The molecule has 3 rings (SSSR count). The van der Waals surface area contributed by atoms with Crippen LogP contribution < -0.4 is 14.8 Å². The Kier molecular flexibility index (Phi) is 4.48. The molecule has 0 aliphatic carbocycles. The fraction of sp³-hybridized carbons (Fsp3) is 0.158. The van der Waals surface area contributed by atoms with Gasteiger partial charge in [0.2, 0.25) is 0 Å². The molecule has 0 spiro atoms. The maximum absolute atomic E-state index is 12.3. The number of carbonyl (C=O) groups excluding carboxylic acids is 1. The van der Waals surface area contributed by atoms with Crippen LogP contribution in [-0.4, -0.2) is 19.1 Å². The van der Waals surface area contributed by atoms with Crippen LogP contribution in [0.15, 0.2) is 48.0 Å². The number of rotatable bonds is 3. The number of aryl methyl sites for hydroxylation is 1. The molecular formula is C19H16N2O3. The first kappa shape index (κ1) is 15.6. The van der Waals surface area contributed by atoms with Crippen molar-refractivity contribution in [1.29, 1.82) is 5.26 Å². The molecule has 24 heavy (non-hydrogen) atoms. The summed E-state index contributed by atoms with van der Waals surface area (Å²) in [5.41, 5.74) is 2.41. The minimum atomic E-state index is -0.446. The number of fused-ring (bicyclic) bond motifs is 1. The summed E-state index contributed by atoms with van der Waals surface area (Å²) < 4.78 is 11.0. The van der Waals surface area contributed by atoms with Gasteiger partial charge in [-0.25, -0.2) is 0 Å². The highest BCUT2D eigenvalue weighted by atomic mass is 16.6. The molecule has 0 radical (unpaired) electrons. The minimum absolute atomic E-state index is 0.0215. The molecule has 5 heteroatoms. The normalized spacial score (nSPS) is 13.1. The third-order valence-electron chi connectivity index (χ3n) is 3.52. The van der Waals surface area contributed by atoms with E-state index >= 15 is 0 Å². The highest BCUT2D eigenvalue weighted by Gasteiger charge is 2.13. The predicted molar refractivity (Wildman–Crippen MR) is 90.8 cm³/mol. The minimum Gasteiger partial charge on any atom is -0.486 e. The molecule has 1 aliphatic heterocycles. The number of anilines is 1. The fourth-order valence-corrected chi connectivity index (χ4v) is 2.39. The van der Waals surface area contributed by atoms with Gasteiger partial charge in [0.15, 0.2) is 11.5 Å². The second-order valence-electron chi connectivity index (χ2n) is 5.40. The molecule has 5 nitrogen and oxygen atoms in total. The third-order valence-corrected chi connectivity index (χ3v) is 3.52. The van der Waals surface area contributed by atoms with Crippen molar-refractivity contribution >= 4 is 17.7 Å². The van der Waals surface area contributed by atoms with E-state index < -0.39 is 5.91 Å². The summed E-state index contributed by atoms with van der Waals surface area (Å²) in [5.74, 6) is 0.838. The van der Waals surface area contributed by atoms with Crippen molar-refractivity contribution in [3.63, 3.8) is 0 Å². The van der Waals surface area contributed by atoms with Crippen LogP contribution in [0.5, 0.6) is 11.5 Å². The number of hydrogen-bond acceptors (Lipinski definition) is 4. The van der Waals surface area contributed by atoms with E-state index in [1.54, 1.807) is 24.3 Å². The summed E-state index contributed by atoms with van der Waals surface area (Å²) >= 11 is 0. The average Bonchev–Trinajstić information content (AvgIpc) is 2.59. The molecule has 0 bridgehead atoms. The number of nitriles is 1. The van der Waals surface area contributed by atoms with Gasteiger partial charge in [-0.05, 0) is 48.4 Å². The monoisotopic (exact) mass is 320 g/mol. The zero-order valence-corrected chi connectivity index (χ0v) is 13.2. The van der Waals surface area contributed by atoms with Gasteiger partial charge in [0, 0.05) is 5.69 Å². The number of benzene rings is 2. The maximum atomic E-state index is 12.3. The standard InChI is InChI=1S/C19H16N2O3/c1-13-3-2-4-16(9-13)21-19(22)15(12-20)10-14-5-6-17-18(11-14)24-8-7-23-17/h2-6,9-11H,7-8H2,1H3,(H,21,22)/b15-10+. The molecule has 0 unspecified atom stereocenters.